The fraction of sp³-hybridized carbons (Fsp3) is 0.846. The quantitative estimate of drug-likeness (QED) is 0.573. The third kappa shape index (κ3) is 4.80. The molecule has 110 valence electrons. The van der Waals surface area contributed by atoms with Crippen LogP contribution < -0.4 is 17.2 Å². The molecule has 0 aromatic rings. The van der Waals surface area contributed by atoms with Crippen LogP contribution in [0.3, 0.4) is 0 Å². The predicted molar refractivity (Wildman–Crippen MR) is 73.9 cm³/mol. The predicted octanol–water partition coefficient (Wildman–Crippen LogP) is -0.587. The second kappa shape index (κ2) is 7.45. The van der Waals surface area contributed by atoms with Crippen molar-refractivity contribution in [3.63, 3.8) is 0 Å². The number of carbonyl (C=O) groups excluding carboxylic acids is 2. The number of nitrogens with two attached hydrogens (primary N) is 3. The third-order valence-corrected chi connectivity index (χ3v) is 4.13. The molecule has 0 radical (unpaired) electrons. The van der Waals surface area contributed by atoms with Crippen molar-refractivity contribution >= 4 is 11.8 Å². The summed E-state index contributed by atoms with van der Waals surface area (Å²) in [6, 6.07) is 0.128. The minimum Gasteiger partial charge on any atom is -0.369 e. The van der Waals surface area contributed by atoms with Gasteiger partial charge in [-0.1, -0.05) is 19.8 Å². The minimum atomic E-state index is -0.435. The first-order valence-electron chi connectivity index (χ1n) is 6.98. The molecule has 1 fully saturated rings. The molecule has 3 atom stereocenters. The van der Waals surface area contributed by atoms with E-state index in [1.54, 1.807) is 0 Å². The van der Waals surface area contributed by atoms with Gasteiger partial charge < -0.3 is 17.2 Å². The Labute approximate surface area is 114 Å². The molecule has 0 bridgehead atoms. The van der Waals surface area contributed by atoms with E-state index in [2.05, 4.69) is 6.92 Å². The molecule has 6 heteroatoms. The smallest absolute Gasteiger partial charge is 0.231 e. The van der Waals surface area contributed by atoms with Crippen LogP contribution in [-0.2, 0) is 9.59 Å². The van der Waals surface area contributed by atoms with Gasteiger partial charge in [-0.2, -0.15) is 0 Å². The summed E-state index contributed by atoms with van der Waals surface area (Å²) < 4.78 is 0. The summed E-state index contributed by atoms with van der Waals surface area (Å²) in [5, 5.41) is 0. The van der Waals surface area contributed by atoms with E-state index < -0.39 is 11.8 Å². The maximum absolute atomic E-state index is 11.2. The molecule has 3 unspecified atom stereocenters. The first kappa shape index (κ1) is 15.9. The van der Waals surface area contributed by atoms with Gasteiger partial charge in [-0.05, 0) is 31.2 Å². The van der Waals surface area contributed by atoms with Gasteiger partial charge in [0.25, 0.3) is 0 Å². The van der Waals surface area contributed by atoms with Gasteiger partial charge in [0.1, 0.15) is 0 Å². The summed E-state index contributed by atoms with van der Waals surface area (Å²) in [6.07, 6.45) is 4.26. The SMILES string of the molecule is CCC1CCC(CN)C(N(CC(N)=O)CC(N)=O)C1. The summed E-state index contributed by atoms with van der Waals surface area (Å²) in [7, 11) is 0. The van der Waals surface area contributed by atoms with E-state index in [1.807, 2.05) is 4.90 Å². The maximum atomic E-state index is 11.2. The highest BCUT2D eigenvalue weighted by Crippen LogP contribution is 2.33. The second-order valence-corrected chi connectivity index (χ2v) is 5.49. The van der Waals surface area contributed by atoms with Gasteiger partial charge in [0, 0.05) is 6.04 Å². The van der Waals surface area contributed by atoms with E-state index in [4.69, 9.17) is 17.2 Å². The van der Waals surface area contributed by atoms with Crippen molar-refractivity contribution in [3.8, 4) is 0 Å². The third-order valence-electron chi connectivity index (χ3n) is 4.13. The monoisotopic (exact) mass is 270 g/mol. The standard InChI is InChI=1S/C13H26N4O2/c1-2-9-3-4-10(6-14)11(5-9)17(7-12(15)18)8-13(16)19/h9-11H,2-8,14H2,1H3,(H2,15,18)(H2,16,19). The van der Waals surface area contributed by atoms with Gasteiger partial charge in [0.2, 0.25) is 11.8 Å². The van der Waals surface area contributed by atoms with Crippen molar-refractivity contribution in [2.45, 2.75) is 38.6 Å². The number of amides is 2. The van der Waals surface area contributed by atoms with Crippen LogP contribution in [0.15, 0.2) is 0 Å². The summed E-state index contributed by atoms with van der Waals surface area (Å²) in [5.41, 5.74) is 16.4. The number of hydrogen-bond donors (Lipinski definition) is 3. The van der Waals surface area contributed by atoms with Crippen LogP contribution in [0, 0.1) is 11.8 Å². The molecule has 0 spiro atoms. The van der Waals surface area contributed by atoms with Crippen LogP contribution in [0.2, 0.25) is 0 Å². The van der Waals surface area contributed by atoms with Gasteiger partial charge in [0.15, 0.2) is 0 Å². The van der Waals surface area contributed by atoms with E-state index in [0.29, 0.717) is 18.4 Å². The molecule has 1 aliphatic rings. The highest BCUT2D eigenvalue weighted by atomic mass is 16.2. The van der Waals surface area contributed by atoms with E-state index >= 15 is 0 Å². The van der Waals surface area contributed by atoms with Crippen LogP contribution >= 0.6 is 0 Å². The number of nitrogens with zero attached hydrogens (tertiary/aromatic N) is 1. The molecule has 0 saturated heterocycles. The number of primary amides is 2. The zero-order valence-corrected chi connectivity index (χ0v) is 11.7. The molecule has 1 rings (SSSR count). The Balaban J connectivity index is 2.81. The van der Waals surface area contributed by atoms with Gasteiger partial charge in [0.05, 0.1) is 13.1 Å². The first-order chi connectivity index (χ1) is 8.97. The molecule has 19 heavy (non-hydrogen) atoms. The number of hydrogen-bond acceptors (Lipinski definition) is 4. The Morgan fingerprint density at radius 2 is 1.74 bits per heavy atom. The average molecular weight is 270 g/mol. The van der Waals surface area contributed by atoms with Crippen molar-refractivity contribution in [2.24, 2.45) is 29.0 Å². The summed E-state index contributed by atoms with van der Waals surface area (Å²) in [4.78, 5) is 24.2. The Morgan fingerprint density at radius 3 is 2.16 bits per heavy atom. The highest BCUT2D eigenvalue weighted by Gasteiger charge is 2.34. The summed E-state index contributed by atoms with van der Waals surface area (Å²) in [6.45, 7) is 2.87. The van der Waals surface area contributed by atoms with Crippen molar-refractivity contribution in [1.29, 1.82) is 0 Å². The molecular weight excluding hydrogens is 244 g/mol. The van der Waals surface area contributed by atoms with Crippen molar-refractivity contribution in [2.75, 3.05) is 19.6 Å². The second-order valence-electron chi connectivity index (χ2n) is 5.49. The van der Waals surface area contributed by atoms with Crippen LogP contribution in [-0.4, -0.2) is 42.4 Å². The Morgan fingerprint density at radius 1 is 1.16 bits per heavy atom. The lowest BCUT2D eigenvalue weighted by molar-refractivity contribution is -0.124. The van der Waals surface area contributed by atoms with Crippen molar-refractivity contribution in [1.82, 2.24) is 4.90 Å². The van der Waals surface area contributed by atoms with E-state index in [-0.39, 0.29) is 19.1 Å². The molecule has 0 heterocycles. The van der Waals surface area contributed by atoms with Gasteiger partial charge in [-0.3, -0.25) is 14.5 Å². The lowest BCUT2D eigenvalue weighted by atomic mass is 9.76. The number of carbonyl (C=O) groups is 2. The highest BCUT2D eigenvalue weighted by molar-refractivity contribution is 5.79. The van der Waals surface area contributed by atoms with Crippen LogP contribution in [0.4, 0.5) is 0 Å². The van der Waals surface area contributed by atoms with Gasteiger partial charge >= 0.3 is 0 Å². The van der Waals surface area contributed by atoms with E-state index in [0.717, 1.165) is 25.7 Å². The molecule has 2 amide bonds. The largest absolute Gasteiger partial charge is 0.369 e. The van der Waals surface area contributed by atoms with E-state index in [1.165, 1.54) is 0 Å². The minimum absolute atomic E-state index is 0.0700. The Bertz CT molecular complexity index is 306. The van der Waals surface area contributed by atoms with Gasteiger partial charge in [-0.25, -0.2) is 0 Å². The van der Waals surface area contributed by atoms with Crippen molar-refractivity contribution < 1.29 is 9.59 Å². The maximum Gasteiger partial charge on any atom is 0.231 e. The van der Waals surface area contributed by atoms with Gasteiger partial charge in [-0.15, -0.1) is 0 Å². The first-order valence-corrected chi connectivity index (χ1v) is 6.98. The average Bonchev–Trinajstić information content (AvgIpc) is 2.36. The summed E-state index contributed by atoms with van der Waals surface area (Å²) >= 11 is 0. The van der Waals surface area contributed by atoms with Crippen LogP contribution in [0.1, 0.15) is 32.6 Å². The molecule has 0 aliphatic heterocycles. The fourth-order valence-electron chi connectivity index (χ4n) is 3.08. The molecule has 1 saturated carbocycles. The lowest BCUT2D eigenvalue weighted by Crippen LogP contribution is -2.52. The molecule has 1 aliphatic carbocycles. The summed E-state index contributed by atoms with van der Waals surface area (Å²) in [5.74, 6) is 0.0591. The van der Waals surface area contributed by atoms with Crippen LogP contribution in [0.25, 0.3) is 0 Å². The topological polar surface area (TPSA) is 115 Å². The molecule has 0 aromatic carbocycles. The molecular formula is C13H26N4O2. The Kier molecular flexibility index (Phi) is 6.24. The fourth-order valence-corrected chi connectivity index (χ4v) is 3.08. The normalized spacial score (nSPS) is 27.4. The zero-order chi connectivity index (χ0) is 14.4. The number of rotatable bonds is 7. The molecule has 0 aromatic heterocycles. The lowest BCUT2D eigenvalue weighted by Gasteiger charge is -2.41. The van der Waals surface area contributed by atoms with Crippen molar-refractivity contribution in [3.05, 3.63) is 0 Å². The zero-order valence-electron chi connectivity index (χ0n) is 11.7. The Hall–Kier alpha value is -1.14. The van der Waals surface area contributed by atoms with Crippen LogP contribution in [0.5, 0.6) is 0 Å². The molecule has 6 N–H and O–H groups in total. The van der Waals surface area contributed by atoms with E-state index in [9.17, 15) is 9.59 Å². The molecule has 6 nitrogen and oxygen atoms in total.